The molecule has 0 N–H and O–H groups in total. The zero-order valence-corrected chi connectivity index (χ0v) is 14.8. The Balaban J connectivity index is 1.92. The third-order valence-corrected chi connectivity index (χ3v) is 5.39. The van der Waals surface area contributed by atoms with Crippen LogP contribution in [0.25, 0.3) is 11.3 Å². The molecule has 23 heavy (non-hydrogen) atoms. The van der Waals surface area contributed by atoms with Crippen molar-refractivity contribution in [3.05, 3.63) is 62.6 Å². The van der Waals surface area contributed by atoms with Crippen molar-refractivity contribution in [2.75, 3.05) is 6.54 Å². The van der Waals surface area contributed by atoms with Gasteiger partial charge in [-0.1, -0.05) is 36.4 Å². The molecule has 1 amide bonds. The fourth-order valence-corrected chi connectivity index (χ4v) is 4.05. The van der Waals surface area contributed by atoms with Crippen molar-refractivity contribution in [1.82, 2.24) is 9.88 Å². The molecule has 118 valence electrons. The first-order chi connectivity index (χ1) is 11.2. The molecule has 2 aromatic heterocycles. The van der Waals surface area contributed by atoms with Crippen molar-refractivity contribution in [1.29, 1.82) is 0 Å². The first kappa shape index (κ1) is 15.9. The molecule has 0 saturated heterocycles. The molecule has 0 bridgehead atoms. The van der Waals surface area contributed by atoms with E-state index in [-0.39, 0.29) is 5.91 Å². The second kappa shape index (κ2) is 7.06. The molecule has 1 aromatic carbocycles. The number of thiophene rings is 1. The third kappa shape index (κ3) is 3.51. The molecule has 0 spiro atoms. The number of hydrogen-bond donors (Lipinski definition) is 0. The highest BCUT2D eigenvalue weighted by atomic mass is 32.1. The summed E-state index contributed by atoms with van der Waals surface area (Å²) in [6, 6.07) is 14.0. The minimum Gasteiger partial charge on any atom is -0.333 e. The van der Waals surface area contributed by atoms with Gasteiger partial charge >= 0.3 is 0 Å². The molecule has 3 aromatic rings. The van der Waals surface area contributed by atoms with Crippen molar-refractivity contribution in [2.24, 2.45) is 0 Å². The summed E-state index contributed by atoms with van der Waals surface area (Å²) >= 11 is 3.15. The summed E-state index contributed by atoms with van der Waals surface area (Å²) in [5.41, 5.74) is 1.79. The van der Waals surface area contributed by atoms with Crippen molar-refractivity contribution in [2.45, 2.75) is 20.4 Å². The van der Waals surface area contributed by atoms with Crippen LogP contribution in [0.2, 0.25) is 0 Å². The summed E-state index contributed by atoms with van der Waals surface area (Å²) < 4.78 is 0. The predicted octanol–water partition coefficient (Wildman–Crippen LogP) is 4.84. The molecule has 2 heterocycles. The number of amides is 1. The van der Waals surface area contributed by atoms with E-state index in [1.807, 2.05) is 60.5 Å². The summed E-state index contributed by atoms with van der Waals surface area (Å²) in [5, 5.41) is 2.96. The van der Waals surface area contributed by atoms with Crippen molar-refractivity contribution < 1.29 is 4.79 Å². The Morgan fingerprint density at radius 3 is 2.61 bits per heavy atom. The second-order valence-corrected chi connectivity index (χ2v) is 7.41. The summed E-state index contributed by atoms with van der Waals surface area (Å²) in [6.07, 6.45) is 0. The van der Waals surface area contributed by atoms with Gasteiger partial charge < -0.3 is 4.90 Å². The fraction of sp³-hybridized carbons (Fsp3) is 0.222. The Bertz CT molecular complexity index is 779. The number of hydrogen-bond acceptors (Lipinski definition) is 4. The van der Waals surface area contributed by atoms with Crippen LogP contribution in [0.4, 0.5) is 0 Å². The third-order valence-electron chi connectivity index (χ3n) is 3.57. The molecule has 0 aliphatic rings. The highest BCUT2D eigenvalue weighted by Gasteiger charge is 2.22. The average molecular weight is 342 g/mol. The number of rotatable bonds is 5. The van der Waals surface area contributed by atoms with Crippen molar-refractivity contribution in [3.8, 4) is 11.3 Å². The van der Waals surface area contributed by atoms with Crippen LogP contribution in [0.3, 0.4) is 0 Å². The Kier molecular flexibility index (Phi) is 4.88. The second-order valence-electron chi connectivity index (χ2n) is 5.18. The summed E-state index contributed by atoms with van der Waals surface area (Å²) in [6.45, 7) is 5.30. The first-order valence-electron chi connectivity index (χ1n) is 7.53. The van der Waals surface area contributed by atoms with Gasteiger partial charge in [-0.15, -0.1) is 22.7 Å². The summed E-state index contributed by atoms with van der Waals surface area (Å²) in [5.74, 6) is 0.0605. The van der Waals surface area contributed by atoms with Crippen LogP contribution in [0.1, 0.15) is 26.5 Å². The van der Waals surface area contributed by atoms with E-state index in [9.17, 15) is 4.79 Å². The fourth-order valence-electron chi connectivity index (χ4n) is 2.43. The molecule has 0 atom stereocenters. The largest absolute Gasteiger partial charge is 0.333 e. The van der Waals surface area contributed by atoms with Crippen LogP contribution in [-0.4, -0.2) is 22.3 Å². The molecule has 3 nitrogen and oxygen atoms in total. The van der Waals surface area contributed by atoms with E-state index >= 15 is 0 Å². The van der Waals surface area contributed by atoms with Crippen LogP contribution in [0.15, 0.2) is 47.8 Å². The van der Waals surface area contributed by atoms with Gasteiger partial charge in [0, 0.05) is 17.0 Å². The number of benzene rings is 1. The number of aryl methyl sites for hydroxylation is 1. The number of thiazole rings is 1. The zero-order chi connectivity index (χ0) is 16.2. The van der Waals surface area contributed by atoms with Crippen LogP contribution in [-0.2, 0) is 6.54 Å². The molecule has 0 aliphatic heterocycles. The Morgan fingerprint density at radius 2 is 1.96 bits per heavy atom. The molecule has 0 fully saturated rings. The smallest absolute Gasteiger partial charge is 0.266 e. The normalized spacial score (nSPS) is 10.7. The van der Waals surface area contributed by atoms with Gasteiger partial charge in [-0.25, -0.2) is 4.98 Å². The summed E-state index contributed by atoms with van der Waals surface area (Å²) in [7, 11) is 0. The van der Waals surface area contributed by atoms with Crippen molar-refractivity contribution in [3.63, 3.8) is 0 Å². The van der Waals surface area contributed by atoms with E-state index in [1.54, 1.807) is 11.3 Å². The summed E-state index contributed by atoms with van der Waals surface area (Å²) in [4.78, 5) is 21.4. The standard InChI is InChI=1S/C18H18N2OS2/c1-3-20(12-15-10-7-11-22-15)18(21)17-16(19-13(2)23-17)14-8-5-4-6-9-14/h4-11H,3,12H2,1-2H3. The molecule has 0 radical (unpaired) electrons. The maximum atomic E-state index is 13.0. The number of aromatic nitrogens is 1. The molecule has 3 rings (SSSR count). The van der Waals surface area contributed by atoms with Gasteiger partial charge in [0.05, 0.1) is 17.2 Å². The lowest BCUT2D eigenvalue weighted by Crippen LogP contribution is -2.29. The van der Waals surface area contributed by atoms with Crippen LogP contribution in [0, 0.1) is 6.92 Å². The van der Waals surface area contributed by atoms with Crippen LogP contribution < -0.4 is 0 Å². The molecule has 0 saturated carbocycles. The number of carbonyl (C=O) groups is 1. The van der Waals surface area contributed by atoms with E-state index in [0.29, 0.717) is 13.1 Å². The Morgan fingerprint density at radius 1 is 1.17 bits per heavy atom. The van der Waals surface area contributed by atoms with E-state index in [0.717, 1.165) is 21.1 Å². The Labute approximate surface area is 144 Å². The molecule has 5 heteroatoms. The lowest BCUT2D eigenvalue weighted by atomic mass is 10.1. The molecular formula is C18H18N2OS2. The minimum atomic E-state index is 0.0605. The van der Waals surface area contributed by atoms with Gasteiger partial charge in [0.2, 0.25) is 0 Å². The average Bonchev–Trinajstić information content (AvgIpc) is 3.22. The maximum absolute atomic E-state index is 13.0. The Hall–Kier alpha value is -1.98. The number of carbonyl (C=O) groups excluding carboxylic acids is 1. The lowest BCUT2D eigenvalue weighted by molar-refractivity contribution is 0.0759. The monoisotopic (exact) mass is 342 g/mol. The SMILES string of the molecule is CCN(Cc1cccs1)C(=O)c1sc(C)nc1-c1ccccc1. The van der Waals surface area contributed by atoms with Crippen LogP contribution >= 0.6 is 22.7 Å². The predicted molar refractivity (Wildman–Crippen MR) is 97.0 cm³/mol. The minimum absolute atomic E-state index is 0.0605. The number of nitrogens with zero attached hydrogens (tertiary/aromatic N) is 2. The maximum Gasteiger partial charge on any atom is 0.266 e. The van der Waals surface area contributed by atoms with E-state index in [2.05, 4.69) is 11.1 Å². The van der Waals surface area contributed by atoms with Gasteiger partial charge in [0.1, 0.15) is 4.88 Å². The topological polar surface area (TPSA) is 33.2 Å². The van der Waals surface area contributed by atoms with Gasteiger partial charge in [-0.3, -0.25) is 4.79 Å². The van der Waals surface area contributed by atoms with E-state index < -0.39 is 0 Å². The first-order valence-corrected chi connectivity index (χ1v) is 9.23. The molecule has 0 aliphatic carbocycles. The highest BCUT2D eigenvalue weighted by molar-refractivity contribution is 7.14. The van der Waals surface area contributed by atoms with Crippen molar-refractivity contribution >= 4 is 28.6 Å². The molecule has 0 unspecified atom stereocenters. The van der Waals surface area contributed by atoms with Gasteiger partial charge in [0.25, 0.3) is 5.91 Å². The highest BCUT2D eigenvalue weighted by Crippen LogP contribution is 2.29. The van der Waals surface area contributed by atoms with Gasteiger partial charge in [0.15, 0.2) is 0 Å². The van der Waals surface area contributed by atoms with E-state index in [1.165, 1.54) is 16.2 Å². The molecular weight excluding hydrogens is 324 g/mol. The van der Waals surface area contributed by atoms with Crippen LogP contribution in [0.5, 0.6) is 0 Å². The lowest BCUT2D eigenvalue weighted by Gasteiger charge is -2.19. The van der Waals surface area contributed by atoms with E-state index in [4.69, 9.17) is 0 Å². The quantitative estimate of drug-likeness (QED) is 0.664. The van der Waals surface area contributed by atoms with Gasteiger partial charge in [-0.2, -0.15) is 0 Å². The van der Waals surface area contributed by atoms with Gasteiger partial charge in [-0.05, 0) is 25.3 Å². The zero-order valence-electron chi connectivity index (χ0n) is 13.2.